The lowest BCUT2D eigenvalue weighted by atomic mass is 10.1. The monoisotopic (exact) mass is 409 g/mol. The number of amides is 1. The summed E-state index contributed by atoms with van der Waals surface area (Å²) in [5, 5.41) is 7.29. The Hall–Kier alpha value is -2.75. The molecule has 1 N–H and O–H groups in total. The maximum Gasteiger partial charge on any atom is 0.387 e. The normalized spacial score (nSPS) is 16.6. The highest BCUT2D eigenvalue weighted by Gasteiger charge is 2.24. The summed E-state index contributed by atoms with van der Waals surface area (Å²) in [5.41, 5.74) is -0.0923. The number of alkyl halides is 2. The van der Waals surface area contributed by atoms with E-state index in [1.165, 1.54) is 22.9 Å². The molecule has 1 atom stereocenters. The van der Waals surface area contributed by atoms with Gasteiger partial charge in [0.15, 0.2) is 0 Å². The van der Waals surface area contributed by atoms with Crippen molar-refractivity contribution in [2.75, 3.05) is 20.6 Å². The van der Waals surface area contributed by atoms with Crippen molar-refractivity contribution in [3.8, 4) is 5.75 Å². The van der Waals surface area contributed by atoms with E-state index in [9.17, 15) is 18.4 Å². The van der Waals surface area contributed by atoms with Crippen LogP contribution in [-0.4, -0.2) is 58.4 Å². The van der Waals surface area contributed by atoms with Gasteiger partial charge in [0.1, 0.15) is 11.6 Å². The Balaban J connectivity index is 1.65. The van der Waals surface area contributed by atoms with Gasteiger partial charge >= 0.3 is 12.3 Å². The van der Waals surface area contributed by atoms with Crippen molar-refractivity contribution in [2.24, 2.45) is 0 Å². The third-order valence-corrected chi connectivity index (χ3v) is 4.86. The number of nitrogens with one attached hydrogen (secondary N) is 1. The first-order valence-electron chi connectivity index (χ1n) is 9.51. The smallest absolute Gasteiger partial charge is 0.387 e. The fraction of sp³-hybridized carbons (Fsp3) is 0.526. The van der Waals surface area contributed by atoms with E-state index in [0.717, 1.165) is 6.54 Å². The van der Waals surface area contributed by atoms with Gasteiger partial charge in [-0.15, -0.1) is 0 Å². The Morgan fingerprint density at radius 1 is 1.34 bits per heavy atom. The molecular formula is C19H25F2N5O3. The van der Waals surface area contributed by atoms with E-state index in [2.05, 4.69) is 15.2 Å². The molecule has 0 saturated carbocycles. The molecule has 0 bridgehead atoms. The SMILES string of the molecule is CN(C)CCn1nc2n(c1=O)CCC(NC(=O)c1ccccc1OC(F)F)CC2. The van der Waals surface area contributed by atoms with Crippen molar-refractivity contribution in [2.45, 2.75) is 45.0 Å². The molecule has 3 rings (SSSR count). The van der Waals surface area contributed by atoms with Crippen LogP contribution in [0.3, 0.4) is 0 Å². The van der Waals surface area contributed by atoms with Crippen LogP contribution in [0.2, 0.25) is 0 Å². The lowest BCUT2D eigenvalue weighted by Crippen LogP contribution is -2.36. The van der Waals surface area contributed by atoms with Gasteiger partial charge in [0.25, 0.3) is 5.91 Å². The minimum Gasteiger partial charge on any atom is -0.434 e. The zero-order valence-corrected chi connectivity index (χ0v) is 16.5. The number of aromatic nitrogens is 3. The molecule has 10 heteroatoms. The number of carbonyl (C=O) groups is 1. The molecule has 1 aliphatic rings. The first kappa shape index (κ1) is 21.0. The molecule has 158 valence electrons. The minimum atomic E-state index is -3.01. The van der Waals surface area contributed by atoms with E-state index in [1.54, 1.807) is 10.6 Å². The van der Waals surface area contributed by atoms with Crippen LogP contribution in [0.15, 0.2) is 29.1 Å². The number of halogens is 2. The summed E-state index contributed by atoms with van der Waals surface area (Å²) in [6.07, 6.45) is 1.70. The van der Waals surface area contributed by atoms with Crippen molar-refractivity contribution in [3.05, 3.63) is 46.1 Å². The van der Waals surface area contributed by atoms with Crippen molar-refractivity contribution >= 4 is 5.91 Å². The van der Waals surface area contributed by atoms with Gasteiger partial charge in [0.05, 0.1) is 12.1 Å². The molecule has 8 nitrogen and oxygen atoms in total. The largest absolute Gasteiger partial charge is 0.434 e. The van der Waals surface area contributed by atoms with Crippen LogP contribution in [0.4, 0.5) is 8.78 Å². The fourth-order valence-electron chi connectivity index (χ4n) is 3.33. The van der Waals surface area contributed by atoms with Crippen LogP contribution in [0.5, 0.6) is 5.75 Å². The van der Waals surface area contributed by atoms with Gasteiger partial charge in [-0.05, 0) is 39.1 Å². The Kier molecular flexibility index (Phi) is 6.63. The summed E-state index contributed by atoms with van der Waals surface area (Å²) in [4.78, 5) is 27.1. The Morgan fingerprint density at radius 3 is 2.83 bits per heavy atom. The van der Waals surface area contributed by atoms with Crippen LogP contribution in [-0.2, 0) is 19.5 Å². The van der Waals surface area contributed by atoms with E-state index in [-0.39, 0.29) is 23.0 Å². The fourth-order valence-corrected chi connectivity index (χ4v) is 3.33. The average Bonchev–Trinajstić information content (AvgIpc) is 2.83. The maximum absolute atomic E-state index is 12.6. The number of aryl methyl sites for hydroxylation is 1. The summed E-state index contributed by atoms with van der Waals surface area (Å²) in [5.74, 6) is 0.0615. The first-order valence-corrected chi connectivity index (χ1v) is 9.51. The number of rotatable bonds is 7. The Morgan fingerprint density at radius 2 is 2.10 bits per heavy atom. The molecule has 0 saturated heterocycles. The predicted octanol–water partition coefficient (Wildman–Crippen LogP) is 1.34. The van der Waals surface area contributed by atoms with Crippen LogP contribution in [0, 0.1) is 0 Å². The molecule has 0 radical (unpaired) electrons. The molecule has 2 heterocycles. The second-order valence-electron chi connectivity index (χ2n) is 7.25. The number of likely N-dealkylation sites (N-methyl/N-ethyl adjacent to an activating group) is 1. The average molecular weight is 409 g/mol. The molecule has 2 aromatic rings. The lowest BCUT2D eigenvalue weighted by Gasteiger charge is -2.17. The van der Waals surface area contributed by atoms with E-state index >= 15 is 0 Å². The van der Waals surface area contributed by atoms with Crippen LogP contribution >= 0.6 is 0 Å². The highest BCUT2D eigenvalue weighted by molar-refractivity contribution is 5.97. The lowest BCUT2D eigenvalue weighted by molar-refractivity contribution is -0.0501. The third-order valence-electron chi connectivity index (χ3n) is 4.86. The molecule has 1 amide bonds. The molecule has 0 aliphatic carbocycles. The minimum absolute atomic E-state index is 0.0563. The van der Waals surface area contributed by atoms with Crippen molar-refractivity contribution < 1.29 is 18.3 Å². The summed E-state index contributed by atoms with van der Waals surface area (Å²) < 4.78 is 32.7. The van der Waals surface area contributed by atoms with Crippen molar-refractivity contribution in [3.63, 3.8) is 0 Å². The summed E-state index contributed by atoms with van der Waals surface area (Å²) in [6, 6.07) is 5.70. The van der Waals surface area contributed by atoms with E-state index in [4.69, 9.17) is 0 Å². The highest BCUT2D eigenvalue weighted by atomic mass is 19.3. The van der Waals surface area contributed by atoms with Crippen LogP contribution in [0.25, 0.3) is 0 Å². The standard InChI is InChI=1S/C19H25F2N5O3/c1-24(2)11-12-26-19(28)25-10-9-13(7-8-16(25)23-26)22-17(27)14-5-3-4-6-15(14)29-18(20)21/h3-6,13,18H,7-12H2,1-2H3,(H,22,27). The Labute approximate surface area is 167 Å². The zero-order chi connectivity index (χ0) is 21.0. The number of benzene rings is 1. The van der Waals surface area contributed by atoms with E-state index in [0.29, 0.717) is 38.2 Å². The van der Waals surface area contributed by atoms with Crippen LogP contribution in [0.1, 0.15) is 29.0 Å². The second-order valence-corrected chi connectivity index (χ2v) is 7.25. The van der Waals surface area contributed by atoms with Gasteiger partial charge in [-0.1, -0.05) is 12.1 Å². The highest BCUT2D eigenvalue weighted by Crippen LogP contribution is 2.21. The number of ether oxygens (including phenoxy) is 1. The van der Waals surface area contributed by atoms with E-state index in [1.807, 2.05) is 19.0 Å². The Bertz CT molecular complexity index is 909. The number of nitrogens with zero attached hydrogens (tertiary/aromatic N) is 4. The van der Waals surface area contributed by atoms with Crippen LogP contribution < -0.4 is 15.7 Å². The molecule has 29 heavy (non-hydrogen) atoms. The number of hydrogen-bond acceptors (Lipinski definition) is 5. The van der Waals surface area contributed by atoms with Gasteiger partial charge in [0.2, 0.25) is 0 Å². The molecule has 1 unspecified atom stereocenters. The molecular weight excluding hydrogens is 384 g/mol. The molecule has 1 aliphatic heterocycles. The summed E-state index contributed by atoms with van der Waals surface area (Å²) >= 11 is 0. The van der Waals surface area contributed by atoms with Gasteiger partial charge in [-0.25, -0.2) is 9.48 Å². The molecule has 0 fully saturated rings. The predicted molar refractivity (Wildman–Crippen MR) is 102 cm³/mol. The number of hydrogen-bond donors (Lipinski definition) is 1. The molecule has 1 aromatic heterocycles. The number of para-hydroxylation sites is 1. The summed E-state index contributed by atoms with van der Waals surface area (Å²) in [7, 11) is 3.87. The topological polar surface area (TPSA) is 81.4 Å². The second kappa shape index (κ2) is 9.17. The number of fused-ring (bicyclic) bond motifs is 1. The quantitative estimate of drug-likeness (QED) is 0.747. The van der Waals surface area contributed by atoms with Crippen molar-refractivity contribution in [1.82, 2.24) is 24.6 Å². The zero-order valence-electron chi connectivity index (χ0n) is 16.5. The van der Waals surface area contributed by atoms with Gasteiger partial charge in [-0.3, -0.25) is 9.36 Å². The molecule has 1 aromatic carbocycles. The first-order chi connectivity index (χ1) is 13.8. The van der Waals surface area contributed by atoms with Gasteiger partial charge in [0, 0.05) is 25.6 Å². The van der Waals surface area contributed by atoms with Gasteiger partial charge in [-0.2, -0.15) is 13.9 Å². The van der Waals surface area contributed by atoms with Crippen molar-refractivity contribution in [1.29, 1.82) is 0 Å². The third kappa shape index (κ3) is 5.20. The maximum atomic E-state index is 12.6. The van der Waals surface area contributed by atoms with Gasteiger partial charge < -0.3 is 15.0 Å². The molecule has 0 spiro atoms. The number of carbonyl (C=O) groups excluding carboxylic acids is 1. The summed E-state index contributed by atoms with van der Waals surface area (Å²) in [6.45, 7) is -1.33. The van der Waals surface area contributed by atoms with E-state index < -0.39 is 12.5 Å².